The van der Waals surface area contributed by atoms with Crippen LogP contribution in [0.15, 0.2) is 18.2 Å². The van der Waals surface area contributed by atoms with Gasteiger partial charge in [-0.3, -0.25) is 14.9 Å². The van der Waals surface area contributed by atoms with Crippen molar-refractivity contribution in [1.29, 1.82) is 0 Å². The molecule has 116 valence electrons. The summed E-state index contributed by atoms with van der Waals surface area (Å²) in [5.74, 6) is -0.238. The van der Waals surface area contributed by atoms with Crippen molar-refractivity contribution in [3.05, 3.63) is 33.3 Å². The van der Waals surface area contributed by atoms with Crippen LogP contribution in [-0.4, -0.2) is 36.7 Å². The van der Waals surface area contributed by atoms with Gasteiger partial charge < -0.3 is 14.8 Å². The van der Waals surface area contributed by atoms with Crippen LogP contribution in [0.5, 0.6) is 5.75 Å². The third-order valence-electron chi connectivity index (χ3n) is 2.99. The highest BCUT2D eigenvalue weighted by Gasteiger charge is 2.32. The second-order valence-electron chi connectivity index (χ2n) is 4.33. The number of nitro benzene ring substituents is 1. The van der Waals surface area contributed by atoms with Crippen LogP contribution < -0.4 is 10.1 Å². The van der Waals surface area contributed by atoms with Gasteiger partial charge in [-0.15, -0.1) is 12.4 Å². The maximum absolute atomic E-state index is 11.4. The number of nitrogens with zero attached hydrogens (tertiary/aromatic N) is 1. The number of hydrogen-bond acceptors (Lipinski definition) is 6. The first kappa shape index (κ1) is 17.5. The van der Waals surface area contributed by atoms with Crippen molar-refractivity contribution >= 4 is 35.7 Å². The maximum Gasteiger partial charge on any atom is 0.323 e. The Labute approximate surface area is 132 Å². The molecule has 1 fully saturated rings. The van der Waals surface area contributed by atoms with Crippen LogP contribution in [0.1, 0.15) is 6.42 Å². The van der Waals surface area contributed by atoms with E-state index in [9.17, 15) is 14.9 Å². The van der Waals surface area contributed by atoms with Crippen molar-refractivity contribution in [2.24, 2.45) is 0 Å². The molecule has 0 aliphatic carbocycles. The predicted octanol–water partition coefficient (Wildman–Crippen LogP) is 1.95. The molecule has 1 aliphatic heterocycles. The monoisotopic (exact) mass is 336 g/mol. The van der Waals surface area contributed by atoms with E-state index < -0.39 is 11.0 Å². The highest BCUT2D eigenvalue weighted by molar-refractivity contribution is 6.30. The summed E-state index contributed by atoms with van der Waals surface area (Å²) in [7, 11) is 1.31. The number of rotatable bonds is 4. The fraction of sp³-hybridized carbons (Fsp3) is 0.417. The Kier molecular flexibility index (Phi) is 6.19. The summed E-state index contributed by atoms with van der Waals surface area (Å²) in [6.45, 7) is 0.416. The van der Waals surface area contributed by atoms with Crippen molar-refractivity contribution in [3.63, 3.8) is 0 Å². The molecule has 2 rings (SSSR count). The highest BCUT2D eigenvalue weighted by Crippen LogP contribution is 2.31. The predicted molar refractivity (Wildman–Crippen MR) is 78.2 cm³/mol. The summed E-state index contributed by atoms with van der Waals surface area (Å²) in [4.78, 5) is 21.8. The van der Waals surface area contributed by atoms with Crippen molar-refractivity contribution in [2.45, 2.75) is 18.6 Å². The van der Waals surface area contributed by atoms with Gasteiger partial charge in [0, 0.05) is 24.1 Å². The summed E-state index contributed by atoms with van der Waals surface area (Å²) in [5.41, 5.74) is -0.195. The first-order valence-corrected chi connectivity index (χ1v) is 6.31. The van der Waals surface area contributed by atoms with E-state index in [0.717, 1.165) is 0 Å². The van der Waals surface area contributed by atoms with Crippen LogP contribution in [-0.2, 0) is 9.53 Å². The highest BCUT2D eigenvalue weighted by atomic mass is 35.5. The van der Waals surface area contributed by atoms with Crippen LogP contribution in [0.2, 0.25) is 5.02 Å². The van der Waals surface area contributed by atoms with Gasteiger partial charge in [0.05, 0.1) is 12.0 Å². The summed E-state index contributed by atoms with van der Waals surface area (Å²) < 4.78 is 10.2. The minimum atomic E-state index is -0.554. The molecule has 0 bridgehead atoms. The van der Waals surface area contributed by atoms with Crippen LogP contribution in [0.3, 0.4) is 0 Å². The van der Waals surface area contributed by atoms with Gasteiger partial charge in [-0.05, 0) is 12.1 Å². The summed E-state index contributed by atoms with van der Waals surface area (Å²) in [6.07, 6.45) is 0.0610. The lowest BCUT2D eigenvalue weighted by Crippen LogP contribution is -2.31. The fourth-order valence-corrected chi connectivity index (χ4v) is 2.19. The first-order valence-electron chi connectivity index (χ1n) is 5.93. The summed E-state index contributed by atoms with van der Waals surface area (Å²) in [6, 6.07) is 3.75. The van der Waals surface area contributed by atoms with Crippen LogP contribution in [0.25, 0.3) is 0 Å². The Bertz CT molecular complexity index is 540. The number of ether oxygens (including phenoxy) is 2. The first-order chi connectivity index (χ1) is 9.51. The lowest BCUT2D eigenvalue weighted by atomic mass is 10.2. The molecule has 1 aliphatic rings. The number of nitrogens with one attached hydrogen (secondary N) is 1. The Morgan fingerprint density at radius 1 is 1.52 bits per heavy atom. The van der Waals surface area contributed by atoms with Crippen molar-refractivity contribution in [2.75, 3.05) is 13.7 Å². The van der Waals surface area contributed by atoms with E-state index in [1.54, 1.807) is 0 Å². The van der Waals surface area contributed by atoms with Gasteiger partial charge in [-0.25, -0.2) is 0 Å². The topological polar surface area (TPSA) is 90.7 Å². The molecule has 0 aromatic heterocycles. The maximum atomic E-state index is 11.4. The third-order valence-corrected chi connectivity index (χ3v) is 3.22. The molecule has 1 heterocycles. The molecule has 21 heavy (non-hydrogen) atoms. The van der Waals surface area contributed by atoms with Gasteiger partial charge >= 0.3 is 11.7 Å². The van der Waals surface area contributed by atoms with Crippen molar-refractivity contribution in [1.82, 2.24) is 5.32 Å². The molecule has 1 saturated heterocycles. The van der Waals surface area contributed by atoms with Gasteiger partial charge in [0.2, 0.25) is 0 Å². The molecule has 1 aromatic carbocycles. The lowest BCUT2D eigenvalue weighted by Gasteiger charge is -2.12. The van der Waals surface area contributed by atoms with Gasteiger partial charge in [0.1, 0.15) is 12.1 Å². The number of esters is 1. The fourth-order valence-electron chi connectivity index (χ4n) is 2.03. The smallest absolute Gasteiger partial charge is 0.323 e. The number of benzene rings is 1. The number of carbonyl (C=O) groups is 1. The van der Waals surface area contributed by atoms with E-state index in [4.69, 9.17) is 16.3 Å². The zero-order valence-corrected chi connectivity index (χ0v) is 12.6. The summed E-state index contributed by atoms with van der Waals surface area (Å²) in [5, 5.41) is 14.2. The van der Waals surface area contributed by atoms with Gasteiger partial charge in [0.15, 0.2) is 5.75 Å². The second kappa shape index (κ2) is 7.44. The molecule has 2 atom stereocenters. The number of methoxy groups -OCH3 is 1. The van der Waals surface area contributed by atoms with E-state index in [0.29, 0.717) is 13.0 Å². The van der Waals surface area contributed by atoms with Crippen LogP contribution >= 0.6 is 24.0 Å². The molecule has 0 saturated carbocycles. The molecule has 7 nitrogen and oxygen atoms in total. The Balaban J connectivity index is 0.00000220. The normalized spacial score (nSPS) is 20.5. The summed E-state index contributed by atoms with van der Waals surface area (Å²) >= 11 is 5.73. The largest absolute Gasteiger partial charge is 0.482 e. The van der Waals surface area contributed by atoms with Gasteiger partial charge in [-0.2, -0.15) is 0 Å². The van der Waals surface area contributed by atoms with Gasteiger partial charge in [-0.1, -0.05) is 11.6 Å². The van der Waals surface area contributed by atoms with E-state index in [-0.39, 0.29) is 40.9 Å². The Morgan fingerprint density at radius 3 is 2.86 bits per heavy atom. The number of carbonyl (C=O) groups excluding carboxylic acids is 1. The quantitative estimate of drug-likeness (QED) is 0.513. The molecular weight excluding hydrogens is 323 g/mol. The minimum absolute atomic E-state index is 0. The van der Waals surface area contributed by atoms with E-state index >= 15 is 0 Å². The Hall–Kier alpha value is -1.57. The molecule has 0 radical (unpaired) electrons. The van der Waals surface area contributed by atoms with Crippen LogP contribution in [0, 0.1) is 10.1 Å². The average Bonchev–Trinajstić information content (AvgIpc) is 2.88. The molecule has 0 spiro atoms. The zero-order valence-electron chi connectivity index (χ0n) is 11.1. The lowest BCUT2D eigenvalue weighted by molar-refractivity contribution is -0.386. The molecular formula is C12H14Cl2N2O5. The van der Waals surface area contributed by atoms with E-state index in [1.165, 1.54) is 25.3 Å². The number of halogens is 2. The average molecular weight is 337 g/mol. The SMILES string of the molecule is COC(=O)[C@@H]1C[C@H](Oc2ccc(Cl)cc2[N+](=O)[O-])CN1.Cl. The Morgan fingerprint density at radius 2 is 2.24 bits per heavy atom. The minimum Gasteiger partial charge on any atom is -0.482 e. The standard InChI is InChI=1S/C12H13ClN2O5.ClH/c1-19-12(16)9-5-8(6-14-9)20-11-3-2-7(13)4-10(11)15(17)18;/h2-4,8-9,14H,5-6H2,1H3;1H/t8-,9-;/m0./s1. The van der Waals surface area contributed by atoms with E-state index in [1.807, 2.05) is 0 Å². The van der Waals surface area contributed by atoms with Crippen molar-refractivity contribution < 1.29 is 19.2 Å². The van der Waals surface area contributed by atoms with Gasteiger partial charge in [0.25, 0.3) is 0 Å². The molecule has 1 aromatic rings. The number of nitro groups is 1. The van der Waals surface area contributed by atoms with E-state index in [2.05, 4.69) is 10.1 Å². The third kappa shape index (κ3) is 4.20. The molecule has 0 amide bonds. The molecule has 0 unspecified atom stereocenters. The number of hydrogen-bond donors (Lipinski definition) is 1. The second-order valence-corrected chi connectivity index (χ2v) is 4.77. The zero-order chi connectivity index (χ0) is 14.7. The van der Waals surface area contributed by atoms with Crippen molar-refractivity contribution in [3.8, 4) is 5.75 Å². The molecule has 1 N–H and O–H groups in total. The van der Waals surface area contributed by atoms with Crippen LogP contribution in [0.4, 0.5) is 5.69 Å². The molecule has 9 heteroatoms.